The zero-order chi connectivity index (χ0) is 22.5. The first-order valence-electron chi connectivity index (χ1n) is 11.1. The molecule has 8 nitrogen and oxygen atoms in total. The third kappa shape index (κ3) is 10.3. The van der Waals surface area contributed by atoms with E-state index in [1.807, 2.05) is 6.08 Å². The Morgan fingerprint density at radius 2 is 1.83 bits per heavy atom. The van der Waals surface area contributed by atoms with Crippen molar-refractivity contribution in [3.8, 4) is 0 Å². The lowest BCUT2D eigenvalue weighted by molar-refractivity contribution is -0.837. The van der Waals surface area contributed by atoms with Gasteiger partial charge in [0, 0.05) is 6.42 Å². The summed E-state index contributed by atoms with van der Waals surface area (Å²) in [6.07, 6.45) is 12.2. The number of carbonyl (C=O) groups is 1. The van der Waals surface area contributed by atoms with Gasteiger partial charge in [0.2, 0.25) is 5.78 Å². The van der Waals surface area contributed by atoms with Gasteiger partial charge in [-0.2, -0.15) is 8.42 Å². The number of aliphatic hydroxyl groups excluding tert-OH is 2. The van der Waals surface area contributed by atoms with Crippen LogP contribution in [0.4, 0.5) is 0 Å². The summed E-state index contributed by atoms with van der Waals surface area (Å²) in [5, 5.41) is 19.5. The van der Waals surface area contributed by atoms with Crippen molar-refractivity contribution in [1.29, 1.82) is 0 Å². The number of rotatable bonds is 17. The number of nitrogens with zero attached hydrogens (tertiary/aromatic N) is 2. The number of unbranched alkanes of at least 4 members (excludes halogenated alkanes) is 6. The molecule has 0 spiro atoms. The molecule has 0 fully saturated rings. The van der Waals surface area contributed by atoms with E-state index in [0.29, 0.717) is 19.5 Å². The van der Waals surface area contributed by atoms with Crippen LogP contribution in [0.25, 0.3) is 0 Å². The van der Waals surface area contributed by atoms with Crippen LogP contribution < -0.4 is 0 Å². The zero-order valence-electron chi connectivity index (χ0n) is 18.2. The Balaban J connectivity index is 2.51. The van der Waals surface area contributed by atoms with E-state index < -0.39 is 22.0 Å². The molecular formula is C21H39N2O6S+. The van der Waals surface area contributed by atoms with Gasteiger partial charge < -0.3 is 10.2 Å². The molecule has 1 rings (SSSR count). The van der Waals surface area contributed by atoms with E-state index in [1.54, 1.807) is 0 Å². The Bertz CT molecular complexity index is 677. The van der Waals surface area contributed by atoms with E-state index in [1.165, 1.54) is 32.1 Å². The second-order valence-corrected chi connectivity index (χ2v) is 9.59. The summed E-state index contributed by atoms with van der Waals surface area (Å²) in [7, 11) is -4.33. The largest absolute Gasteiger partial charge is 0.390 e. The van der Waals surface area contributed by atoms with Gasteiger partial charge in [0.25, 0.3) is 16.0 Å². The summed E-state index contributed by atoms with van der Waals surface area (Å²) in [5.74, 6) is -0.673. The van der Waals surface area contributed by atoms with Crippen molar-refractivity contribution >= 4 is 21.7 Å². The lowest BCUT2D eigenvalue weighted by atomic mass is 10.1. The maximum atomic E-state index is 12.7. The quantitative estimate of drug-likeness (QED) is 0.136. The topological polar surface area (TPSA) is 124 Å². The molecule has 30 heavy (non-hydrogen) atoms. The van der Waals surface area contributed by atoms with Crippen LogP contribution in [0.2, 0.25) is 0 Å². The summed E-state index contributed by atoms with van der Waals surface area (Å²) < 4.78 is 31.0. The predicted octanol–water partition coefficient (Wildman–Crippen LogP) is 2.11. The van der Waals surface area contributed by atoms with Crippen molar-refractivity contribution in [2.75, 3.05) is 38.5 Å². The molecule has 1 heterocycles. The summed E-state index contributed by atoms with van der Waals surface area (Å²) in [6.45, 7) is 2.87. The fraction of sp³-hybridized carbons (Fsp3) is 0.810. The molecule has 174 valence electrons. The van der Waals surface area contributed by atoms with E-state index in [4.69, 9.17) is 4.55 Å². The normalized spacial score (nSPS) is 20.6. The number of ketones is 1. The van der Waals surface area contributed by atoms with Crippen molar-refractivity contribution in [2.45, 2.75) is 70.8 Å². The van der Waals surface area contributed by atoms with Gasteiger partial charge in [0.15, 0.2) is 0 Å². The third-order valence-corrected chi connectivity index (χ3v) is 6.21. The molecule has 0 radical (unpaired) electrons. The molecule has 0 saturated heterocycles. The Morgan fingerprint density at radius 1 is 1.17 bits per heavy atom. The molecule has 0 aromatic carbocycles. The van der Waals surface area contributed by atoms with Crippen LogP contribution in [0.5, 0.6) is 0 Å². The maximum absolute atomic E-state index is 12.7. The zero-order valence-corrected chi connectivity index (χ0v) is 19.0. The second-order valence-electron chi connectivity index (χ2n) is 8.10. The second kappa shape index (κ2) is 14.0. The van der Waals surface area contributed by atoms with Gasteiger partial charge in [-0.05, 0) is 19.3 Å². The summed E-state index contributed by atoms with van der Waals surface area (Å²) in [5.41, 5.74) is 0. The first-order valence-corrected chi connectivity index (χ1v) is 12.7. The number of amidine groups is 1. The summed E-state index contributed by atoms with van der Waals surface area (Å²) in [6, 6.07) is 0. The highest BCUT2D eigenvalue weighted by Crippen LogP contribution is 2.19. The number of hydrogen-bond donors (Lipinski definition) is 3. The van der Waals surface area contributed by atoms with Crippen LogP contribution in [-0.2, 0) is 14.9 Å². The fourth-order valence-corrected chi connectivity index (χ4v) is 4.53. The number of aliphatic imine (C=N–C) groups is 1. The fourth-order valence-electron chi connectivity index (χ4n) is 3.94. The Labute approximate surface area is 181 Å². The summed E-state index contributed by atoms with van der Waals surface area (Å²) in [4.78, 5) is 17.0. The SMILES string of the molecule is CCCCCCCC/C=C/CCC(=O)C1=NCC[N+]1(CCO)CC(O)CS(=O)(=O)O. The molecule has 0 bridgehead atoms. The van der Waals surface area contributed by atoms with Crippen molar-refractivity contribution in [1.82, 2.24) is 0 Å². The van der Waals surface area contributed by atoms with Gasteiger partial charge in [-0.3, -0.25) is 13.8 Å². The van der Waals surface area contributed by atoms with E-state index in [-0.39, 0.29) is 42.2 Å². The molecule has 1 aliphatic heterocycles. The van der Waals surface area contributed by atoms with Crippen molar-refractivity contribution in [2.24, 2.45) is 4.99 Å². The minimum absolute atomic E-state index is 0.0481. The van der Waals surface area contributed by atoms with E-state index in [2.05, 4.69) is 18.0 Å². The number of allylic oxidation sites excluding steroid dienone is 2. The number of Topliss-reactive ketones (excluding diaryl/α,β-unsaturated/α-hetero) is 1. The first-order chi connectivity index (χ1) is 14.2. The molecular weight excluding hydrogens is 408 g/mol. The molecule has 3 N–H and O–H groups in total. The summed E-state index contributed by atoms with van der Waals surface area (Å²) >= 11 is 0. The van der Waals surface area contributed by atoms with Gasteiger partial charge in [-0.25, -0.2) is 4.99 Å². The Kier molecular flexibility index (Phi) is 12.6. The molecule has 2 atom stereocenters. The smallest absolute Gasteiger partial charge is 0.267 e. The minimum atomic E-state index is -4.33. The third-order valence-electron chi connectivity index (χ3n) is 5.41. The number of carbonyl (C=O) groups excluding carboxylic acids is 1. The van der Waals surface area contributed by atoms with Crippen LogP contribution in [0.1, 0.15) is 64.7 Å². The molecule has 0 aromatic heterocycles. The van der Waals surface area contributed by atoms with Crippen LogP contribution >= 0.6 is 0 Å². The van der Waals surface area contributed by atoms with E-state index >= 15 is 0 Å². The molecule has 0 aromatic rings. The predicted molar refractivity (Wildman–Crippen MR) is 118 cm³/mol. The Morgan fingerprint density at radius 3 is 2.50 bits per heavy atom. The highest BCUT2D eigenvalue weighted by Gasteiger charge is 2.43. The molecule has 9 heteroatoms. The monoisotopic (exact) mass is 447 g/mol. The maximum Gasteiger partial charge on any atom is 0.267 e. The lowest BCUT2D eigenvalue weighted by Gasteiger charge is -2.34. The van der Waals surface area contributed by atoms with Crippen LogP contribution in [-0.4, -0.2) is 83.9 Å². The van der Waals surface area contributed by atoms with Crippen molar-refractivity contribution in [3.63, 3.8) is 0 Å². The van der Waals surface area contributed by atoms with Gasteiger partial charge >= 0.3 is 0 Å². The number of quaternary nitrogens is 1. The highest BCUT2D eigenvalue weighted by atomic mass is 32.2. The molecule has 0 amide bonds. The molecule has 0 saturated carbocycles. The van der Waals surface area contributed by atoms with Gasteiger partial charge in [-0.15, -0.1) is 0 Å². The Hall–Kier alpha value is -1.13. The number of hydrogen-bond acceptors (Lipinski definition) is 6. The first kappa shape index (κ1) is 26.9. The van der Waals surface area contributed by atoms with Crippen molar-refractivity contribution < 1.29 is 32.5 Å². The van der Waals surface area contributed by atoms with E-state index in [0.717, 1.165) is 12.8 Å². The van der Waals surface area contributed by atoms with Crippen molar-refractivity contribution in [3.05, 3.63) is 12.2 Å². The standard InChI is InChI=1S/C21H38N2O6S/c1-2-3-4-5-6-7-8-9-10-11-12-20(26)21-22-13-14-23(21,15-16-24)17-19(25)18-30(27,28)29/h9-10,19,24-25H,2-8,11-18H2,1H3/p+1/b10-9+. The number of aliphatic hydroxyl groups is 2. The van der Waals surface area contributed by atoms with Gasteiger partial charge in [0.1, 0.15) is 31.5 Å². The molecule has 2 unspecified atom stereocenters. The van der Waals surface area contributed by atoms with Gasteiger partial charge in [0.05, 0.1) is 13.2 Å². The van der Waals surface area contributed by atoms with Crippen LogP contribution in [0.3, 0.4) is 0 Å². The van der Waals surface area contributed by atoms with Crippen LogP contribution in [0, 0.1) is 0 Å². The van der Waals surface area contributed by atoms with Gasteiger partial charge in [-0.1, -0.05) is 51.2 Å². The lowest BCUT2D eigenvalue weighted by Crippen LogP contribution is -2.59. The highest BCUT2D eigenvalue weighted by molar-refractivity contribution is 7.85. The average molecular weight is 448 g/mol. The van der Waals surface area contributed by atoms with Crippen LogP contribution in [0.15, 0.2) is 17.1 Å². The van der Waals surface area contributed by atoms with E-state index in [9.17, 15) is 23.4 Å². The molecule has 0 aliphatic carbocycles. The molecule has 1 aliphatic rings. The minimum Gasteiger partial charge on any atom is -0.390 e. The average Bonchev–Trinajstić information content (AvgIpc) is 3.04.